The highest BCUT2D eigenvalue weighted by atomic mass is 16.4. The largest absolute Gasteiger partial charge is 0.481 e. The molecule has 2 aliphatic rings. The maximum Gasteiger partial charge on any atom is 0.307 e. The van der Waals surface area contributed by atoms with Crippen LogP contribution in [-0.4, -0.2) is 11.1 Å². The number of allylic oxidation sites excluding steroid dienone is 4. The first kappa shape index (κ1) is 6.65. The third kappa shape index (κ3) is 0.985. The fraction of sp³-hybridized carbons (Fsp3) is 0.444. The molecule has 0 radical (unpaired) electrons. The second-order valence-electron chi connectivity index (χ2n) is 3.15. The maximum atomic E-state index is 10.6. The molecule has 0 aromatic rings. The van der Waals surface area contributed by atoms with E-state index in [4.69, 9.17) is 5.11 Å². The monoisotopic (exact) mass is 150 g/mol. The molecule has 0 saturated heterocycles. The summed E-state index contributed by atoms with van der Waals surface area (Å²) >= 11 is 0. The van der Waals surface area contributed by atoms with Gasteiger partial charge in [-0.25, -0.2) is 0 Å². The second-order valence-corrected chi connectivity index (χ2v) is 3.15. The number of hydrogen-bond donors (Lipinski definition) is 1. The van der Waals surface area contributed by atoms with Crippen LogP contribution >= 0.6 is 0 Å². The number of fused-ring (bicyclic) bond motifs is 1. The van der Waals surface area contributed by atoms with E-state index in [1.165, 1.54) is 0 Å². The molecule has 0 spiro atoms. The average Bonchev–Trinajstić information content (AvgIpc) is 2.57. The number of aliphatic carboxylic acids is 1. The van der Waals surface area contributed by atoms with Crippen molar-refractivity contribution >= 4 is 5.97 Å². The molecule has 2 heteroatoms. The zero-order chi connectivity index (χ0) is 7.84. The van der Waals surface area contributed by atoms with E-state index in [1.54, 1.807) is 0 Å². The van der Waals surface area contributed by atoms with Gasteiger partial charge in [0.25, 0.3) is 0 Å². The Balaban J connectivity index is 2.10. The summed E-state index contributed by atoms with van der Waals surface area (Å²) in [6, 6.07) is 0. The standard InChI is InChI=1S/C9H10O2/c10-9(11)8-6-4-2-1-3-5-7(6)8/h1-4,6-8H,5H2,(H,10,11). The van der Waals surface area contributed by atoms with Crippen LogP contribution in [0, 0.1) is 17.8 Å². The van der Waals surface area contributed by atoms with E-state index in [0.717, 1.165) is 6.42 Å². The van der Waals surface area contributed by atoms with Gasteiger partial charge in [-0.3, -0.25) is 4.79 Å². The Morgan fingerprint density at radius 3 is 3.00 bits per heavy atom. The van der Waals surface area contributed by atoms with Crippen molar-refractivity contribution in [2.24, 2.45) is 17.8 Å². The maximum absolute atomic E-state index is 10.6. The number of carboxylic acids is 1. The van der Waals surface area contributed by atoms with Gasteiger partial charge in [0.15, 0.2) is 0 Å². The van der Waals surface area contributed by atoms with E-state index in [0.29, 0.717) is 11.8 Å². The van der Waals surface area contributed by atoms with E-state index in [2.05, 4.69) is 0 Å². The van der Waals surface area contributed by atoms with E-state index >= 15 is 0 Å². The van der Waals surface area contributed by atoms with Crippen LogP contribution in [0.15, 0.2) is 24.3 Å². The van der Waals surface area contributed by atoms with E-state index in [9.17, 15) is 4.79 Å². The SMILES string of the molecule is O=C(O)C1C2C=CC=CCC21. The molecule has 0 heterocycles. The van der Waals surface area contributed by atoms with E-state index in [1.807, 2.05) is 24.3 Å². The minimum Gasteiger partial charge on any atom is -0.481 e. The van der Waals surface area contributed by atoms with Gasteiger partial charge in [0.2, 0.25) is 0 Å². The van der Waals surface area contributed by atoms with Crippen molar-refractivity contribution in [3.05, 3.63) is 24.3 Å². The van der Waals surface area contributed by atoms with Crippen LogP contribution in [0.3, 0.4) is 0 Å². The fourth-order valence-electron chi connectivity index (χ4n) is 1.82. The minimum absolute atomic E-state index is 0.101. The van der Waals surface area contributed by atoms with Crippen LogP contribution in [0.5, 0.6) is 0 Å². The topological polar surface area (TPSA) is 37.3 Å². The Morgan fingerprint density at radius 2 is 2.27 bits per heavy atom. The van der Waals surface area contributed by atoms with Crippen LogP contribution in [0.1, 0.15) is 6.42 Å². The minimum atomic E-state index is -0.639. The molecule has 1 fully saturated rings. The summed E-state index contributed by atoms with van der Waals surface area (Å²) in [6.45, 7) is 0. The van der Waals surface area contributed by atoms with E-state index < -0.39 is 5.97 Å². The molecule has 58 valence electrons. The number of carboxylic acid groups (broad SMARTS) is 1. The zero-order valence-electron chi connectivity index (χ0n) is 6.10. The Labute approximate surface area is 65.2 Å². The molecule has 3 unspecified atom stereocenters. The predicted molar refractivity (Wildman–Crippen MR) is 41.0 cm³/mol. The molecule has 0 aromatic carbocycles. The Bertz CT molecular complexity index is 240. The van der Waals surface area contributed by atoms with Gasteiger partial charge in [-0.1, -0.05) is 24.3 Å². The van der Waals surface area contributed by atoms with Crippen LogP contribution in [0.25, 0.3) is 0 Å². The van der Waals surface area contributed by atoms with Crippen LogP contribution in [0.4, 0.5) is 0 Å². The van der Waals surface area contributed by atoms with Gasteiger partial charge in [-0.2, -0.15) is 0 Å². The quantitative estimate of drug-likeness (QED) is 0.614. The normalized spacial score (nSPS) is 39.5. The molecule has 11 heavy (non-hydrogen) atoms. The highest BCUT2D eigenvalue weighted by Crippen LogP contribution is 2.50. The first-order valence-electron chi connectivity index (χ1n) is 3.87. The molecule has 0 amide bonds. The Morgan fingerprint density at radius 1 is 1.45 bits per heavy atom. The van der Waals surface area contributed by atoms with Crippen molar-refractivity contribution in [2.75, 3.05) is 0 Å². The lowest BCUT2D eigenvalue weighted by molar-refractivity contribution is -0.139. The molecule has 0 aromatic heterocycles. The van der Waals surface area contributed by atoms with Crippen molar-refractivity contribution in [2.45, 2.75) is 6.42 Å². The summed E-state index contributed by atoms with van der Waals surface area (Å²) in [5.41, 5.74) is 0. The van der Waals surface area contributed by atoms with Gasteiger partial charge >= 0.3 is 5.97 Å². The lowest BCUT2D eigenvalue weighted by atomic mass is 10.2. The van der Waals surface area contributed by atoms with Crippen LogP contribution < -0.4 is 0 Å². The van der Waals surface area contributed by atoms with Crippen LogP contribution in [0.2, 0.25) is 0 Å². The van der Waals surface area contributed by atoms with Gasteiger partial charge in [0, 0.05) is 0 Å². The molecule has 2 aliphatic carbocycles. The molecule has 2 rings (SSSR count). The van der Waals surface area contributed by atoms with Crippen molar-refractivity contribution in [3.8, 4) is 0 Å². The van der Waals surface area contributed by atoms with Crippen molar-refractivity contribution in [3.63, 3.8) is 0 Å². The first-order chi connectivity index (χ1) is 5.30. The summed E-state index contributed by atoms with van der Waals surface area (Å²) < 4.78 is 0. The predicted octanol–water partition coefficient (Wildman–Crippen LogP) is 1.45. The van der Waals surface area contributed by atoms with Gasteiger partial charge in [-0.15, -0.1) is 0 Å². The summed E-state index contributed by atoms with van der Waals surface area (Å²) in [6.07, 6.45) is 8.92. The first-order valence-corrected chi connectivity index (χ1v) is 3.87. The molecule has 3 atom stereocenters. The molecule has 2 nitrogen and oxygen atoms in total. The lowest BCUT2D eigenvalue weighted by Crippen LogP contribution is -2.00. The average molecular weight is 150 g/mol. The highest BCUT2D eigenvalue weighted by molar-refractivity contribution is 5.75. The molecular weight excluding hydrogens is 140 g/mol. The number of carbonyl (C=O) groups is 1. The van der Waals surface area contributed by atoms with Gasteiger partial charge in [0.1, 0.15) is 0 Å². The summed E-state index contributed by atoms with van der Waals surface area (Å²) in [5, 5.41) is 8.72. The molecule has 0 bridgehead atoms. The third-order valence-electron chi connectivity index (χ3n) is 2.50. The fourth-order valence-corrected chi connectivity index (χ4v) is 1.82. The summed E-state index contributed by atoms with van der Waals surface area (Å²) in [4.78, 5) is 10.6. The smallest absolute Gasteiger partial charge is 0.307 e. The van der Waals surface area contributed by atoms with Gasteiger partial charge < -0.3 is 5.11 Å². The third-order valence-corrected chi connectivity index (χ3v) is 2.50. The lowest BCUT2D eigenvalue weighted by Gasteiger charge is -1.87. The molecule has 1 saturated carbocycles. The van der Waals surface area contributed by atoms with Crippen molar-refractivity contribution in [1.82, 2.24) is 0 Å². The van der Waals surface area contributed by atoms with Crippen molar-refractivity contribution < 1.29 is 9.90 Å². The number of hydrogen-bond acceptors (Lipinski definition) is 1. The summed E-state index contributed by atoms with van der Waals surface area (Å²) in [5.74, 6) is -0.0545. The Kier molecular flexibility index (Phi) is 1.34. The van der Waals surface area contributed by atoms with Crippen molar-refractivity contribution in [1.29, 1.82) is 0 Å². The molecule has 1 N–H and O–H groups in total. The molecule has 0 aliphatic heterocycles. The zero-order valence-corrected chi connectivity index (χ0v) is 6.10. The van der Waals surface area contributed by atoms with Crippen LogP contribution in [-0.2, 0) is 4.79 Å². The van der Waals surface area contributed by atoms with Gasteiger partial charge in [-0.05, 0) is 18.3 Å². The summed E-state index contributed by atoms with van der Waals surface area (Å²) in [7, 11) is 0. The highest BCUT2D eigenvalue weighted by Gasteiger charge is 2.52. The number of rotatable bonds is 1. The molecular formula is C9H10O2. The van der Waals surface area contributed by atoms with E-state index in [-0.39, 0.29) is 5.92 Å². The second kappa shape index (κ2) is 2.22. The van der Waals surface area contributed by atoms with Gasteiger partial charge in [0.05, 0.1) is 5.92 Å². The Hall–Kier alpha value is -1.05.